The molecule has 7 heteroatoms. The first-order valence-corrected chi connectivity index (χ1v) is 6.16. The molecule has 0 heterocycles. The van der Waals surface area contributed by atoms with Gasteiger partial charge in [0.2, 0.25) is 0 Å². The van der Waals surface area contributed by atoms with E-state index in [0.29, 0.717) is 5.69 Å². The summed E-state index contributed by atoms with van der Waals surface area (Å²) in [7, 11) is 0. The topological polar surface area (TPSA) is 38.3 Å². The van der Waals surface area contributed by atoms with E-state index in [2.05, 4.69) is 5.32 Å². The predicted octanol–water partition coefficient (Wildman–Crippen LogP) is 3.77. The minimum atomic E-state index is -1.07. The first kappa shape index (κ1) is 15.2. The van der Waals surface area contributed by atoms with E-state index in [4.69, 9.17) is 16.3 Å². The molecular formula is C14H9ClF3NO2. The van der Waals surface area contributed by atoms with Gasteiger partial charge in [-0.1, -0.05) is 11.6 Å². The Morgan fingerprint density at radius 2 is 1.76 bits per heavy atom. The van der Waals surface area contributed by atoms with Crippen molar-refractivity contribution in [2.45, 2.75) is 0 Å². The third-order valence-electron chi connectivity index (χ3n) is 2.46. The van der Waals surface area contributed by atoms with Gasteiger partial charge in [0.05, 0.1) is 5.02 Å². The number of nitrogens with one attached hydrogen (secondary N) is 1. The summed E-state index contributed by atoms with van der Waals surface area (Å²) in [6, 6.07) is 6.59. The Kier molecular flexibility index (Phi) is 4.70. The van der Waals surface area contributed by atoms with Crippen LogP contribution in [-0.4, -0.2) is 12.5 Å². The van der Waals surface area contributed by atoms with E-state index < -0.39 is 30.0 Å². The highest BCUT2D eigenvalue weighted by Gasteiger charge is 2.08. The standard InChI is InChI=1S/C14H9ClF3NO2/c15-10-5-8(1-3-11(10)16)19-14(20)7-21-9-2-4-12(17)13(18)6-9/h1-6H,7H2,(H,19,20). The minimum absolute atomic E-state index is 0.0150. The smallest absolute Gasteiger partial charge is 0.262 e. The van der Waals surface area contributed by atoms with Crippen molar-refractivity contribution in [3.8, 4) is 5.75 Å². The third kappa shape index (κ3) is 4.13. The van der Waals surface area contributed by atoms with E-state index in [-0.39, 0.29) is 10.8 Å². The second kappa shape index (κ2) is 6.49. The number of ether oxygens (including phenoxy) is 1. The summed E-state index contributed by atoms with van der Waals surface area (Å²) < 4.78 is 43.6. The summed E-state index contributed by atoms with van der Waals surface area (Å²) in [5.74, 6) is -3.22. The Morgan fingerprint density at radius 1 is 1.05 bits per heavy atom. The highest BCUT2D eigenvalue weighted by molar-refractivity contribution is 6.31. The van der Waals surface area contributed by atoms with Crippen LogP contribution in [0.5, 0.6) is 5.75 Å². The molecule has 2 aromatic carbocycles. The van der Waals surface area contributed by atoms with Crippen molar-refractivity contribution in [3.05, 3.63) is 58.9 Å². The van der Waals surface area contributed by atoms with Crippen LogP contribution in [0.15, 0.2) is 36.4 Å². The first-order chi connectivity index (χ1) is 9.95. The van der Waals surface area contributed by atoms with Crippen molar-refractivity contribution in [2.24, 2.45) is 0 Å². The van der Waals surface area contributed by atoms with E-state index in [1.165, 1.54) is 18.2 Å². The maximum atomic E-state index is 12.9. The molecule has 2 rings (SSSR count). The van der Waals surface area contributed by atoms with Gasteiger partial charge in [-0.25, -0.2) is 13.2 Å². The molecule has 0 saturated carbocycles. The van der Waals surface area contributed by atoms with Gasteiger partial charge in [-0.2, -0.15) is 0 Å². The predicted molar refractivity (Wildman–Crippen MR) is 71.9 cm³/mol. The van der Waals surface area contributed by atoms with Crippen LogP contribution in [0, 0.1) is 17.5 Å². The highest BCUT2D eigenvalue weighted by atomic mass is 35.5. The summed E-state index contributed by atoms with van der Waals surface area (Å²) in [6.07, 6.45) is 0. The SMILES string of the molecule is O=C(COc1ccc(F)c(F)c1)Nc1ccc(F)c(Cl)c1. The highest BCUT2D eigenvalue weighted by Crippen LogP contribution is 2.19. The Bertz CT molecular complexity index is 679. The zero-order valence-corrected chi connectivity index (χ0v) is 11.3. The minimum Gasteiger partial charge on any atom is -0.484 e. The summed E-state index contributed by atoms with van der Waals surface area (Å²) in [5, 5.41) is 2.29. The lowest BCUT2D eigenvalue weighted by atomic mass is 10.3. The number of halogens is 4. The van der Waals surface area contributed by atoms with Gasteiger partial charge >= 0.3 is 0 Å². The van der Waals surface area contributed by atoms with Gasteiger partial charge in [0.25, 0.3) is 5.91 Å². The summed E-state index contributed by atoms with van der Waals surface area (Å²) in [6.45, 7) is -0.417. The molecule has 110 valence electrons. The average Bonchev–Trinajstić information content (AvgIpc) is 2.44. The van der Waals surface area contributed by atoms with Gasteiger partial charge in [-0.05, 0) is 30.3 Å². The second-order valence-electron chi connectivity index (χ2n) is 4.04. The van der Waals surface area contributed by atoms with Crippen LogP contribution in [0.2, 0.25) is 5.02 Å². The van der Waals surface area contributed by atoms with Gasteiger partial charge in [-0.3, -0.25) is 4.79 Å². The molecule has 0 atom stereocenters. The van der Waals surface area contributed by atoms with Gasteiger partial charge in [0.1, 0.15) is 11.6 Å². The molecule has 1 amide bonds. The molecule has 0 spiro atoms. The molecule has 0 aliphatic heterocycles. The zero-order valence-electron chi connectivity index (χ0n) is 10.5. The number of hydrogen-bond donors (Lipinski definition) is 1. The molecule has 0 unspecified atom stereocenters. The number of carbonyl (C=O) groups is 1. The largest absolute Gasteiger partial charge is 0.484 e. The number of amides is 1. The summed E-state index contributed by atoms with van der Waals surface area (Å²) in [4.78, 5) is 11.6. The van der Waals surface area contributed by atoms with Gasteiger partial charge in [0.15, 0.2) is 18.2 Å². The van der Waals surface area contributed by atoms with Crippen LogP contribution < -0.4 is 10.1 Å². The normalized spacial score (nSPS) is 10.3. The lowest BCUT2D eigenvalue weighted by Crippen LogP contribution is -2.20. The number of carbonyl (C=O) groups excluding carboxylic acids is 1. The lowest BCUT2D eigenvalue weighted by Gasteiger charge is -2.08. The Hall–Kier alpha value is -2.21. The van der Waals surface area contributed by atoms with Crippen LogP contribution in [0.1, 0.15) is 0 Å². The Morgan fingerprint density at radius 3 is 2.43 bits per heavy atom. The molecule has 21 heavy (non-hydrogen) atoms. The van der Waals surface area contributed by atoms with Crippen molar-refractivity contribution in [1.29, 1.82) is 0 Å². The quantitative estimate of drug-likeness (QED) is 0.932. The van der Waals surface area contributed by atoms with E-state index in [0.717, 1.165) is 18.2 Å². The molecule has 0 saturated heterocycles. The van der Waals surface area contributed by atoms with Crippen LogP contribution in [-0.2, 0) is 4.79 Å². The van der Waals surface area contributed by atoms with Gasteiger partial charge < -0.3 is 10.1 Å². The zero-order chi connectivity index (χ0) is 15.4. The molecule has 3 nitrogen and oxygen atoms in total. The molecule has 0 bridgehead atoms. The summed E-state index contributed by atoms with van der Waals surface area (Å²) >= 11 is 5.57. The van der Waals surface area contributed by atoms with E-state index >= 15 is 0 Å². The van der Waals surface area contributed by atoms with Crippen LogP contribution in [0.25, 0.3) is 0 Å². The number of hydrogen-bond acceptors (Lipinski definition) is 2. The second-order valence-corrected chi connectivity index (χ2v) is 4.45. The molecule has 0 aliphatic carbocycles. The number of benzene rings is 2. The van der Waals surface area contributed by atoms with Crippen molar-refractivity contribution in [3.63, 3.8) is 0 Å². The average molecular weight is 316 g/mol. The van der Waals surface area contributed by atoms with Crippen LogP contribution >= 0.6 is 11.6 Å². The maximum absolute atomic E-state index is 12.9. The first-order valence-electron chi connectivity index (χ1n) is 5.78. The van der Waals surface area contributed by atoms with Crippen LogP contribution in [0.4, 0.5) is 18.9 Å². The molecule has 2 aromatic rings. The van der Waals surface area contributed by atoms with Gasteiger partial charge in [-0.15, -0.1) is 0 Å². The molecule has 0 radical (unpaired) electrons. The van der Waals surface area contributed by atoms with E-state index in [1.54, 1.807) is 0 Å². The fourth-order valence-electron chi connectivity index (χ4n) is 1.49. The fourth-order valence-corrected chi connectivity index (χ4v) is 1.67. The molecular weight excluding hydrogens is 307 g/mol. The molecule has 0 aliphatic rings. The van der Waals surface area contributed by atoms with Crippen molar-refractivity contribution in [2.75, 3.05) is 11.9 Å². The lowest BCUT2D eigenvalue weighted by molar-refractivity contribution is -0.118. The Labute approximate surface area is 123 Å². The van der Waals surface area contributed by atoms with Crippen molar-refractivity contribution in [1.82, 2.24) is 0 Å². The summed E-state index contributed by atoms with van der Waals surface area (Å²) in [5.41, 5.74) is 0.292. The third-order valence-corrected chi connectivity index (χ3v) is 2.75. The molecule has 1 N–H and O–H groups in total. The number of anilines is 1. The maximum Gasteiger partial charge on any atom is 0.262 e. The monoisotopic (exact) mass is 315 g/mol. The van der Waals surface area contributed by atoms with E-state index in [1.807, 2.05) is 0 Å². The Balaban J connectivity index is 1.92. The fraction of sp³-hybridized carbons (Fsp3) is 0.0714. The van der Waals surface area contributed by atoms with E-state index in [9.17, 15) is 18.0 Å². The van der Waals surface area contributed by atoms with Gasteiger partial charge in [0, 0.05) is 11.8 Å². The van der Waals surface area contributed by atoms with Crippen LogP contribution in [0.3, 0.4) is 0 Å². The van der Waals surface area contributed by atoms with Crippen molar-refractivity contribution < 1.29 is 22.7 Å². The molecule has 0 fully saturated rings. The molecule has 0 aromatic heterocycles. The number of rotatable bonds is 4. The van der Waals surface area contributed by atoms with Crippen molar-refractivity contribution >= 4 is 23.2 Å².